The Labute approximate surface area is 251 Å². The molecule has 2 rings (SSSR count). The number of nitrogens with zero attached hydrogens (tertiary/aromatic N) is 1. The van der Waals surface area contributed by atoms with Crippen molar-refractivity contribution in [2.24, 2.45) is 5.92 Å². The Bertz CT molecular complexity index is 1140. The Morgan fingerprint density at radius 2 is 1.59 bits per heavy atom. The van der Waals surface area contributed by atoms with Gasteiger partial charge in [0.2, 0.25) is 5.91 Å². The zero-order valence-corrected chi connectivity index (χ0v) is 26.7. The Kier molecular flexibility index (Phi) is 13.2. The Balaban J connectivity index is 2.54. The van der Waals surface area contributed by atoms with Crippen LogP contribution in [0.2, 0.25) is 5.02 Å². The zero-order chi connectivity index (χ0) is 30.7. The third kappa shape index (κ3) is 10.7. The molecule has 0 spiro atoms. The standard InChI is InChI=1S/C33H48ClN3O4/c1-9-10-11-12-13-21-37(31(39)27(22(2)3)36-32(40)41-33(6,7)8)29(25-19-17-23(4)18-20-25)30(38)35-28-24(5)15-14-16-26(28)34/h14-20,22,27,29H,9-13,21H2,1-8H3,(H,35,38)(H,36,40). The minimum atomic E-state index is -0.938. The molecule has 2 aromatic carbocycles. The van der Waals surface area contributed by atoms with E-state index in [0.717, 1.165) is 43.2 Å². The van der Waals surface area contributed by atoms with Crippen LogP contribution in [0.1, 0.15) is 96.4 Å². The van der Waals surface area contributed by atoms with Crippen molar-refractivity contribution in [2.45, 2.75) is 105 Å². The van der Waals surface area contributed by atoms with Crippen molar-refractivity contribution >= 4 is 35.2 Å². The highest BCUT2D eigenvalue weighted by Gasteiger charge is 2.37. The van der Waals surface area contributed by atoms with Gasteiger partial charge in [0.15, 0.2) is 0 Å². The molecule has 0 aromatic heterocycles. The molecule has 7 nitrogen and oxygen atoms in total. The van der Waals surface area contributed by atoms with Gasteiger partial charge in [0.1, 0.15) is 17.7 Å². The van der Waals surface area contributed by atoms with Crippen molar-refractivity contribution in [1.82, 2.24) is 10.2 Å². The molecule has 2 N–H and O–H groups in total. The molecule has 0 radical (unpaired) electrons. The van der Waals surface area contributed by atoms with Gasteiger partial charge in [0.05, 0.1) is 10.7 Å². The van der Waals surface area contributed by atoms with Gasteiger partial charge in [0.25, 0.3) is 5.91 Å². The van der Waals surface area contributed by atoms with Gasteiger partial charge in [-0.05, 0) is 64.2 Å². The van der Waals surface area contributed by atoms with Gasteiger partial charge >= 0.3 is 6.09 Å². The van der Waals surface area contributed by atoms with E-state index in [0.29, 0.717) is 22.8 Å². The smallest absolute Gasteiger partial charge is 0.408 e. The number of hydrogen-bond donors (Lipinski definition) is 2. The number of nitrogens with one attached hydrogen (secondary N) is 2. The van der Waals surface area contributed by atoms with Gasteiger partial charge in [-0.2, -0.15) is 0 Å². The topological polar surface area (TPSA) is 87.7 Å². The van der Waals surface area contributed by atoms with Crippen molar-refractivity contribution in [3.8, 4) is 0 Å². The first kappa shape index (κ1) is 34.1. The monoisotopic (exact) mass is 585 g/mol. The van der Waals surface area contributed by atoms with Crippen LogP contribution < -0.4 is 10.6 Å². The number of hydrogen-bond acceptors (Lipinski definition) is 4. The van der Waals surface area contributed by atoms with Gasteiger partial charge in [-0.1, -0.05) is 100 Å². The number of para-hydroxylation sites is 1. The number of unbranched alkanes of at least 4 members (excludes halogenated alkanes) is 4. The summed E-state index contributed by atoms with van der Waals surface area (Å²) < 4.78 is 5.47. The van der Waals surface area contributed by atoms with E-state index >= 15 is 0 Å². The maximum atomic E-state index is 14.3. The number of ether oxygens (including phenoxy) is 1. The fraction of sp³-hybridized carbons (Fsp3) is 0.545. The molecular formula is C33H48ClN3O4. The Hall–Kier alpha value is -3.06. The predicted octanol–water partition coefficient (Wildman–Crippen LogP) is 7.98. The average molecular weight is 586 g/mol. The maximum Gasteiger partial charge on any atom is 0.408 e. The molecule has 0 aliphatic rings. The third-order valence-electron chi connectivity index (χ3n) is 6.81. The summed E-state index contributed by atoms with van der Waals surface area (Å²) in [6.45, 7) is 15.4. The van der Waals surface area contributed by atoms with Crippen molar-refractivity contribution in [3.63, 3.8) is 0 Å². The van der Waals surface area contributed by atoms with E-state index in [1.54, 1.807) is 31.7 Å². The molecule has 41 heavy (non-hydrogen) atoms. The van der Waals surface area contributed by atoms with E-state index in [9.17, 15) is 14.4 Å². The number of anilines is 1. The number of alkyl carbamates (subject to hydrolysis) is 1. The van der Waals surface area contributed by atoms with Crippen molar-refractivity contribution in [2.75, 3.05) is 11.9 Å². The van der Waals surface area contributed by atoms with Crippen molar-refractivity contribution < 1.29 is 19.1 Å². The molecule has 2 atom stereocenters. The molecule has 3 amide bonds. The van der Waals surface area contributed by atoms with Crippen LogP contribution in [0.3, 0.4) is 0 Å². The van der Waals surface area contributed by atoms with Crippen LogP contribution in [0, 0.1) is 19.8 Å². The zero-order valence-electron chi connectivity index (χ0n) is 26.0. The molecule has 8 heteroatoms. The summed E-state index contributed by atoms with van der Waals surface area (Å²) in [5.41, 5.74) is 2.33. The van der Waals surface area contributed by atoms with E-state index in [1.165, 1.54) is 0 Å². The lowest BCUT2D eigenvalue weighted by Crippen LogP contribution is -2.54. The van der Waals surface area contributed by atoms with E-state index in [1.807, 2.05) is 64.1 Å². The number of amides is 3. The lowest BCUT2D eigenvalue weighted by atomic mass is 9.97. The number of rotatable bonds is 13. The molecule has 0 fully saturated rings. The first-order chi connectivity index (χ1) is 19.2. The quantitative estimate of drug-likeness (QED) is 0.233. The minimum absolute atomic E-state index is 0.245. The lowest BCUT2D eigenvalue weighted by Gasteiger charge is -2.36. The van der Waals surface area contributed by atoms with Crippen LogP contribution in [0.15, 0.2) is 42.5 Å². The largest absolute Gasteiger partial charge is 0.444 e. The highest BCUT2D eigenvalue weighted by Crippen LogP contribution is 2.30. The van der Waals surface area contributed by atoms with Gasteiger partial charge < -0.3 is 20.3 Å². The first-order valence-corrected chi connectivity index (χ1v) is 15.1. The molecule has 0 heterocycles. The second-order valence-corrected chi connectivity index (χ2v) is 12.5. The molecule has 0 saturated carbocycles. The molecule has 2 aromatic rings. The molecule has 0 aliphatic heterocycles. The van der Waals surface area contributed by atoms with Crippen LogP contribution >= 0.6 is 11.6 Å². The van der Waals surface area contributed by atoms with E-state index in [-0.39, 0.29) is 17.7 Å². The highest BCUT2D eigenvalue weighted by molar-refractivity contribution is 6.34. The van der Waals surface area contributed by atoms with Gasteiger partial charge in [-0.3, -0.25) is 9.59 Å². The SMILES string of the molecule is CCCCCCCN(C(=O)C(NC(=O)OC(C)(C)C)C(C)C)C(C(=O)Nc1c(C)cccc1Cl)c1ccc(C)cc1. The fourth-order valence-electron chi connectivity index (χ4n) is 4.58. The van der Waals surface area contributed by atoms with Crippen molar-refractivity contribution in [1.29, 1.82) is 0 Å². The minimum Gasteiger partial charge on any atom is -0.444 e. The summed E-state index contributed by atoms with van der Waals surface area (Å²) >= 11 is 6.46. The van der Waals surface area contributed by atoms with Crippen LogP contribution in [0.4, 0.5) is 10.5 Å². The predicted molar refractivity (Wildman–Crippen MR) is 167 cm³/mol. The fourth-order valence-corrected chi connectivity index (χ4v) is 4.85. The van der Waals surface area contributed by atoms with Gasteiger partial charge in [-0.15, -0.1) is 0 Å². The van der Waals surface area contributed by atoms with E-state index < -0.39 is 23.8 Å². The second kappa shape index (κ2) is 15.8. The number of halogens is 1. The molecule has 0 bridgehead atoms. The normalized spacial score (nSPS) is 12.9. The maximum absolute atomic E-state index is 14.3. The van der Waals surface area contributed by atoms with Gasteiger partial charge in [0, 0.05) is 6.54 Å². The number of benzene rings is 2. The number of aryl methyl sites for hydroxylation is 2. The summed E-state index contributed by atoms with van der Waals surface area (Å²) in [4.78, 5) is 42.8. The molecule has 0 saturated heterocycles. The summed E-state index contributed by atoms with van der Waals surface area (Å²) in [6.07, 6.45) is 4.23. The van der Waals surface area contributed by atoms with E-state index in [4.69, 9.17) is 16.3 Å². The van der Waals surface area contributed by atoms with E-state index in [2.05, 4.69) is 17.6 Å². The van der Waals surface area contributed by atoms with Crippen molar-refractivity contribution in [3.05, 3.63) is 64.2 Å². The molecule has 226 valence electrons. The van der Waals surface area contributed by atoms with Crippen LogP contribution in [-0.4, -0.2) is 41.0 Å². The second-order valence-electron chi connectivity index (χ2n) is 12.0. The average Bonchev–Trinajstić information content (AvgIpc) is 2.88. The van der Waals surface area contributed by atoms with Gasteiger partial charge in [-0.25, -0.2) is 4.79 Å². The molecule has 2 unspecified atom stereocenters. The van der Waals surface area contributed by atoms with Crippen LogP contribution in [0.25, 0.3) is 0 Å². The number of carbonyl (C=O) groups is 3. The molecule has 0 aliphatic carbocycles. The first-order valence-electron chi connectivity index (χ1n) is 14.7. The summed E-state index contributed by atoms with van der Waals surface area (Å²) in [6, 6.07) is 11.2. The Morgan fingerprint density at radius 3 is 2.15 bits per heavy atom. The summed E-state index contributed by atoms with van der Waals surface area (Å²) in [5, 5.41) is 6.20. The van der Waals surface area contributed by atoms with Crippen LogP contribution in [0.5, 0.6) is 0 Å². The molecular weight excluding hydrogens is 538 g/mol. The summed E-state index contributed by atoms with van der Waals surface area (Å²) in [7, 11) is 0. The van der Waals surface area contributed by atoms with Crippen LogP contribution in [-0.2, 0) is 14.3 Å². The number of carbonyl (C=O) groups excluding carboxylic acids is 3. The lowest BCUT2D eigenvalue weighted by molar-refractivity contribution is -0.141. The Morgan fingerprint density at radius 1 is 0.951 bits per heavy atom. The highest BCUT2D eigenvalue weighted by atomic mass is 35.5. The summed E-state index contributed by atoms with van der Waals surface area (Å²) in [5.74, 6) is -0.949. The third-order valence-corrected chi connectivity index (χ3v) is 7.13.